The Morgan fingerprint density at radius 3 is 2.76 bits per heavy atom. The fraction of sp³-hybridized carbons (Fsp3) is 0.643. The van der Waals surface area contributed by atoms with Crippen LogP contribution in [0.15, 0.2) is 12.1 Å². The van der Waals surface area contributed by atoms with Crippen LogP contribution < -0.4 is 0 Å². The molecule has 0 N–H and O–H groups in total. The lowest BCUT2D eigenvalue weighted by atomic mass is 10.2. The molecular formula is C14H22N2O3S2. The summed E-state index contributed by atoms with van der Waals surface area (Å²) in [5, 5.41) is 0. The lowest BCUT2D eigenvalue weighted by Crippen LogP contribution is -2.41. The number of likely N-dealkylation sites (tertiary alicyclic amines) is 1. The number of carbonyl (C=O) groups is 1. The zero-order valence-electron chi connectivity index (χ0n) is 12.7. The highest BCUT2D eigenvalue weighted by Gasteiger charge is 2.32. The molecule has 0 aliphatic carbocycles. The van der Waals surface area contributed by atoms with E-state index in [1.165, 1.54) is 16.8 Å². The molecule has 5 nitrogen and oxygen atoms in total. The Morgan fingerprint density at radius 1 is 1.48 bits per heavy atom. The molecule has 1 aliphatic heterocycles. The van der Waals surface area contributed by atoms with Crippen LogP contribution in [0.25, 0.3) is 0 Å². The molecule has 0 spiro atoms. The van der Waals surface area contributed by atoms with Crippen LogP contribution in [-0.2, 0) is 14.8 Å². The van der Waals surface area contributed by atoms with Gasteiger partial charge in [0.05, 0.1) is 18.3 Å². The summed E-state index contributed by atoms with van der Waals surface area (Å²) in [6.07, 6.45) is 1.92. The van der Waals surface area contributed by atoms with Crippen molar-refractivity contribution < 1.29 is 13.2 Å². The summed E-state index contributed by atoms with van der Waals surface area (Å²) in [6.45, 7) is 4.28. The van der Waals surface area contributed by atoms with Crippen molar-refractivity contribution >= 4 is 27.3 Å². The van der Waals surface area contributed by atoms with Gasteiger partial charge >= 0.3 is 0 Å². The summed E-state index contributed by atoms with van der Waals surface area (Å²) in [5.41, 5.74) is 0. The van der Waals surface area contributed by atoms with Crippen molar-refractivity contribution in [2.45, 2.75) is 32.7 Å². The third-order valence-corrected chi connectivity index (χ3v) is 6.77. The molecule has 1 saturated heterocycles. The van der Waals surface area contributed by atoms with E-state index in [9.17, 15) is 13.2 Å². The van der Waals surface area contributed by atoms with E-state index < -0.39 is 10.0 Å². The molecule has 118 valence electrons. The molecule has 0 unspecified atom stereocenters. The Hall–Kier alpha value is -0.920. The monoisotopic (exact) mass is 330 g/mol. The topological polar surface area (TPSA) is 57.7 Å². The number of sulfonamides is 1. The maximum atomic E-state index is 12.4. The maximum absolute atomic E-state index is 12.4. The lowest BCUT2D eigenvalue weighted by Gasteiger charge is -2.26. The minimum absolute atomic E-state index is 0.0182. The first-order valence-corrected chi connectivity index (χ1v) is 9.57. The number of nitrogens with zero attached hydrogens (tertiary/aromatic N) is 2. The lowest BCUT2D eigenvalue weighted by molar-refractivity contribution is -0.132. The summed E-state index contributed by atoms with van der Waals surface area (Å²) in [5.74, 6) is -0.0901. The Kier molecular flexibility index (Phi) is 5.06. The van der Waals surface area contributed by atoms with E-state index in [0.717, 1.165) is 17.1 Å². The molecular weight excluding hydrogens is 308 g/mol. The van der Waals surface area contributed by atoms with Gasteiger partial charge in [-0.3, -0.25) is 4.79 Å². The van der Waals surface area contributed by atoms with Gasteiger partial charge in [-0.15, -0.1) is 11.3 Å². The molecule has 1 fully saturated rings. The van der Waals surface area contributed by atoms with Crippen molar-refractivity contribution in [1.82, 2.24) is 9.21 Å². The van der Waals surface area contributed by atoms with Gasteiger partial charge < -0.3 is 4.90 Å². The van der Waals surface area contributed by atoms with E-state index in [1.54, 1.807) is 18.3 Å². The van der Waals surface area contributed by atoms with Gasteiger partial charge in [-0.25, -0.2) is 8.42 Å². The first kappa shape index (κ1) is 16.5. The van der Waals surface area contributed by atoms with Gasteiger partial charge in [0.1, 0.15) is 0 Å². The smallest absolute Gasteiger partial charge is 0.238 e. The van der Waals surface area contributed by atoms with Crippen molar-refractivity contribution in [3.63, 3.8) is 0 Å². The van der Waals surface area contributed by atoms with Crippen molar-refractivity contribution in [3.05, 3.63) is 21.9 Å². The fourth-order valence-corrected chi connectivity index (χ4v) is 4.37. The molecule has 0 radical (unpaired) electrons. The standard InChI is InChI=1S/C14H22N2O3S2/c1-4-21(18,19)15(3)10-14(17)16-9-5-6-12(16)13-8-7-11(2)20-13/h7-8,12H,4-6,9-10H2,1-3H3/t12-/m0/s1. The summed E-state index contributed by atoms with van der Waals surface area (Å²) < 4.78 is 24.7. The third kappa shape index (κ3) is 3.64. The van der Waals surface area contributed by atoms with Gasteiger partial charge in [-0.2, -0.15) is 4.31 Å². The van der Waals surface area contributed by atoms with E-state index >= 15 is 0 Å². The average molecular weight is 330 g/mol. The molecule has 0 aromatic carbocycles. The third-order valence-electron chi connectivity index (χ3n) is 3.86. The minimum atomic E-state index is -3.31. The highest BCUT2D eigenvalue weighted by Crippen LogP contribution is 2.35. The van der Waals surface area contributed by atoms with Crippen LogP contribution in [0.1, 0.15) is 35.6 Å². The largest absolute Gasteiger partial charge is 0.334 e. The number of thiophene rings is 1. The van der Waals surface area contributed by atoms with Gasteiger partial charge in [0, 0.05) is 23.3 Å². The Bertz CT molecular complexity index is 609. The van der Waals surface area contributed by atoms with Crippen molar-refractivity contribution in [1.29, 1.82) is 0 Å². The quantitative estimate of drug-likeness (QED) is 0.830. The molecule has 2 heterocycles. The second-order valence-corrected chi connectivity index (χ2v) is 9.03. The number of hydrogen-bond donors (Lipinski definition) is 0. The van der Waals surface area contributed by atoms with Gasteiger partial charge in [0.25, 0.3) is 0 Å². The Morgan fingerprint density at radius 2 is 2.19 bits per heavy atom. The second-order valence-electron chi connectivity index (χ2n) is 5.35. The number of aryl methyl sites for hydroxylation is 1. The zero-order chi connectivity index (χ0) is 15.6. The van der Waals surface area contributed by atoms with Crippen LogP contribution in [-0.4, -0.2) is 49.4 Å². The summed E-state index contributed by atoms with van der Waals surface area (Å²) >= 11 is 1.71. The Labute approximate surface area is 130 Å². The molecule has 0 saturated carbocycles. The summed E-state index contributed by atoms with van der Waals surface area (Å²) in [4.78, 5) is 16.7. The minimum Gasteiger partial charge on any atom is -0.334 e. The molecule has 1 aromatic heterocycles. The first-order valence-electron chi connectivity index (χ1n) is 7.15. The SMILES string of the molecule is CCS(=O)(=O)N(C)CC(=O)N1CCC[C@H]1c1ccc(C)s1. The van der Waals surface area contributed by atoms with Crippen molar-refractivity contribution in [2.24, 2.45) is 0 Å². The van der Waals surface area contributed by atoms with E-state index in [4.69, 9.17) is 0 Å². The van der Waals surface area contributed by atoms with Crippen LogP contribution in [0.5, 0.6) is 0 Å². The number of carbonyl (C=O) groups excluding carboxylic acids is 1. The molecule has 2 rings (SSSR count). The normalized spacial score (nSPS) is 19.4. The number of hydrogen-bond acceptors (Lipinski definition) is 4. The van der Waals surface area contributed by atoms with Crippen molar-refractivity contribution in [3.8, 4) is 0 Å². The average Bonchev–Trinajstić information content (AvgIpc) is 3.06. The number of rotatable bonds is 5. The van der Waals surface area contributed by atoms with Crippen LogP contribution in [0.4, 0.5) is 0 Å². The maximum Gasteiger partial charge on any atom is 0.238 e. The molecule has 1 amide bonds. The van der Waals surface area contributed by atoms with E-state index in [1.807, 2.05) is 4.90 Å². The predicted molar refractivity (Wildman–Crippen MR) is 84.8 cm³/mol. The Balaban J connectivity index is 2.08. The van der Waals surface area contributed by atoms with Crippen LogP contribution in [0.3, 0.4) is 0 Å². The molecule has 1 atom stereocenters. The summed E-state index contributed by atoms with van der Waals surface area (Å²) in [6, 6.07) is 4.24. The van der Waals surface area contributed by atoms with Gasteiger partial charge in [0.15, 0.2) is 0 Å². The van der Waals surface area contributed by atoms with Gasteiger partial charge in [-0.1, -0.05) is 0 Å². The predicted octanol–water partition coefficient (Wildman–Crippen LogP) is 2.00. The molecule has 21 heavy (non-hydrogen) atoms. The second kappa shape index (κ2) is 6.46. The van der Waals surface area contributed by atoms with E-state index in [2.05, 4.69) is 19.1 Å². The zero-order valence-corrected chi connectivity index (χ0v) is 14.3. The van der Waals surface area contributed by atoms with Crippen LogP contribution >= 0.6 is 11.3 Å². The molecule has 0 bridgehead atoms. The summed E-state index contributed by atoms with van der Waals surface area (Å²) in [7, 11) is -1.84. The molecule has 1 aliphatic rings. The highest BCUT2D eigenvalue weighted by atomic mass is 32.2. The highest BCUT2D eigenvalue weighted by molar-refractivity contribution is 7.89. The number of amides is 1. The molecule has 7 heteroatoms. The van der Waals surface area contributed by atoms with E-state index in [-0.39, 0.29) is 24.2 Å². The molecule has 1 aromatic rings. The van der Waals surface area contributed by atoms with Crippen LogP contribution in [0.2, 0.25) is 0 Å². The van der Waals surface area contributed by atoms with Gasteiger partial charge in [-0.05, 0) is 38.8 Å². The first-order chi connectivity index (χ1) is 9.85. The van der Waals surface area contributed by atoms with Crippen LogP contribution in [0, 0.1) is 6.92 Å². The van der Waals surface area contributed by atoms with E-state index in [0.29, 0.717) is 6.54 Å². The van der Waals surface area contributed by atoms with Gasteiger partial charge in [0.2, 0.25) is 15.9 Å². The number of likely N-dealkylation sites (N-methyl/N-ethyl adjacent to an activating group) is 1. The fourth-order valence-electron chi connectivity index (χ4n) is 2.59. The van der Waals surface area contributed by atoms with Crippen molar-refractivity contribution in [2.75, 3.05) is 25.9 Å².